The van der Waals surface area contributed by atoms with Crippen molar-refractivity contribution in [3.05, 3.63) is 12.4 Å². The van der Waals surface area contributed by atoms with Crippen LogP contribution in [0.15, 0.2) is 17.3 Å². The van der Waals surface area contributed by atoms with E-state index in [1.165, 1.54) is 6.20 Å². The first-order valence-corrected chi connectivity index (χ1v) is 7.50. The second-order valence-corrected chi connectivity index (χ2v) is 6.57. The van der Waals surface area contributed by atoms with Gasteiger partial charge in [0.25, 0.3) is 0 Å². The first-order valence-electron chi connectivity index (χ1n) is 6.01. The van der Waals surface area contributed by atoms with Crippen LogP contribution in [-0.2, 0) is 10.0 Å². The SMILES string of the molecule is CC(C)n1cc(S(=O)(=O)NCCCN(C)C)cn1. The predicted octanol–water partition coefficient (Wildman–Crippen LogP) is 0.694. The van der Waals surface area contributed by atoms with Gasteiger partial charge < -0.3 is 4.90 Å². The summed E-state index contributed by atoms with van der Waals surface area (Å²) in [7, 11) is 0.496. The summed E-state index contributed by atoms with van der Waals surface area (Å²) in [6, 6.07) is 0.155. The molecular weight excluding hydrogens is 252 g/mol. The molecule has 0 aliphatic rings. The quantitative estimate of drug-likeness (QED) is 0.743. The molecule has 104 valence electrons. The number of aromatic nitrogens is 2. The Morgan fingerprint density at radius 1 is 1.44 bits per heavy atom. The molecule has 1 aromatic heterocycles. The van der Waals surface area contributed by atoms with E-state index in [0.717, 1.165) is 13.0 Å². The van der Waals surface area contributed by atoms with Gasteiger partial charge in [0.15, 0.2) is 0 Å². The Kier molecular flexibility index (Phi) is 5.30. The molecule has 18 heavy (non-hydrogen) atoms. The summed E-state index contributed by atoms with van der Waals surface area (Å²) in [5, 5.41) is 4.03. The lowest BCUT2D eigenvalue weighted by molar-refractivity contribution is 0.400. The van der Waals surface area contributed by atoms with Crippen LogP contribution >= 0.6 is 0 Å². The third kappa shape index (κ3) is 4.40. The second kappa shape index (κ2) is 6.31. The molecule has 0 unspecified atom stereocenters. The maximum Gasteiger partial charge on any atom is 0.243 e. The summed E-state index contributed by atoms with van der Waals surface area (Å²) < 4.78 is 28.1. The number of rotatable bonds is 7. The second-order valence-electron chi connectivity index (χ2n) is 4.80. The van der Waals surface area contributed by atoms with Crippen molar-refractivity contribution in [2.45, 2.75) is 31.2 Å². The summed E-state index contributed by atoms with van der Waals surface area (Å²) in [5.74, 6) is 0. The number of nitrogens with one attached hydrogen (secondary N) is 1. The van der Waals surface area contributed by atoms with Gasteiger partial charge >= 0.3 is 0 Å². The van der Waals surface area contributed by atoms with Gasteiger partial charge in [-0.05, 0) is 40.9 Å². The molecule has 1 heterocycles. The summed E-state index contributed by atoms with van der Waals surface area (Å²) in [6.45, 7) is 5.20. The van der Waals surface area contributed by atoms with E-state index in [-0.39, 0.29) is 10.9 Å². The minimum Gasteiger partial charge on any atom is -0.309 e. The van der Waals surface area contributed by atoms with Gasteiger partial charge in [0.1, 0.15) is 4.90 Å². The lowest BCUT2D eigenvalue weighted by atomic mass is 10.4. The predicted molar refractivity (Wildman–Crippen MR) is 71.0 cm³/mol. The fourth-order valence-electron chi connectivity index (χ4n) is 1.43. The van der Waals surface area contributed by atoms with Crippen molar-refractivity contribution in [3.8, 4) is 0 Å². The molecule has 0 aliphatic carbocycles. The van der Waals surface area contributed by atoms with E-state index in [1.807, 2.05) is 32.8 Å². The van der Waals surface area contributed by atoms with Crippen LogP contribution in [0.1, 0.15) is 26.3 Å². The minimum atomic E-state index is -3.42. The molecule has 0 bridgehead atoms. The van der Waals surface area contributed by atoms with Gasteiger partial charge in [-0.1, -0.05) is 0 Å². The largest absolute Gasteiger partial charge is 0.309 e. The van der Waals surface area contributed by atoms with Crippen LogP contribution in [0.2, 0.25) is 0 Å². The van der Waals surface area contributed by atoms with E-state index in [1.54, 1.807) is 10.9 Å². The molecule has 0 saturated carbocycles. The summed E-state index contributed by atoms with van der Waals surface area (Å²) in [5.41, 5.74) is 0. The van der Waals surface area contributed by atoms with E-state index in [2.05, 4.69) is 9.82 Å². The van der Waals surface area contributed by atoms with E-state index in [0.29, 0.717) is 6.54 Å². The standard InChI is InChI=1S/C11H22N4O2S/c1-10(2)15-9-11(8-12-15)18(16,17)13-6-5-7-14(3)4/h8-10,13H,5-7H2,1-4H3. The fourth-order valence-corrected chi connectivity index (χ4v) is 2.44. The molecule has 0 aromatic carbocycles. The highest BCUT2D eigenvalue weighted by molar-refractivity contribution is 7.89. The van der Waals surface area contributed by atoms with Crippen molar-refractivity contribution in [2.24, 2.45) is 0 Å². The van der Waals surface area contributed by atoms with Crippen molar-refractivity contribution in [2.75, 3.05) is 27.2 Å². The molecule has 0 radical (unpaired) electrons. The van der Waals surface area contributed by atoms with Crippen molar-refractivity contribution in [1.82, 2.24) is 19.4 Å². The Labute approximate surface area is 109 Å². The highest BCUT2D eigenvalue weighted by Crippen LogP contribution is 2.10. The highest BCUT2D eigenvalue weighted by atomic mass is 32.2. The van der Waals surface area contributed by atoms with Gasteiger partial charge in [0, 0.05) is 18.8 Å². The lowest BCUT2D eigenvalue weighted by Gasteiger charge is -2.09. The Morgan fingerprint density at radius 3 is 2.61 bits per heavy atom. The average Bonchev–Trinajstić information content (AvgIpc) is 2.74. The zero-order valence-electron chi connectivity index (χ0n) is 11.4. The molecule has 0 spiro atoms. The molecule has 6 nitrogen and oxygen atoms in total. The molecule has 0 saturated heterocycles. The zero-order valence-corrected chi connectivity index (χ0v) is 12.2. The number of nitrogens with zero attached hydrogens (tertiary/aromatic N) is 3. The minimum absolute atomic E-state index is 0.155. The Morgan fingerprint density at radius 2 is 2.11 bits per heavy atom. The third-order valence-corrected chi connectivity index (χ3v) is 3.91. The van der Waals surface area contributed by atoms with Crippen LogP contribution in [0.3, 0.4) is 0 Å². The van der Waals surface area contributed by atoms with Crippen molar-refractivity contribution in [3.63, 3.8) is 0 Å². The molecule has 0 atom stereocenters. The monoisotopic (exact) mass is 274 g/mol. The Bertz CT molecular complexity index is 465. The van der Waals surface area contributed by atoms with Crippen LogP contribution in [0.25, 0.3) is 0 Å². The molecular formula is C11H22N4O2S. The van der Waals surface area contributed by atoms with E-state index in [9.17, 15) is 8.42 Å². The molecule has 1 rings (SSSR count). The molecule has 0 fully saturated rings. The highest BCUT2D eigenvalue weighted by Gasteiger charge is 2.16. The Hall–Kier alpha value is -0.920. The summed E-state index contributed by atoms with van der Waals surface area (Å²) in [4.78, 5) is 2.24. The maximum atomic E-state index is 11.9. The van der Waals surface area contributed by atoms with Gasteiger partial charge in [0.2, 0.25) is 10.0 Å². The fraction of sp³-hybridized carbons (Fsp3) is 0.727. The number of hydrogen-bond donors (Lipinski definition) is 1. The lowest BCUT2D eigenvalue weighted by Crippen LogP contribution is -2.27. The zero-order chi connectivity index (χ0) is 13.8. The van der Waals surface area contributed by atoms with Gasteiger partial charge in [-0.15, -0.1) is 0 Å². The average molecular weight is 274 g/mol. The van der Waals surface area contributed by atoms with E-state index >= 15 is 0 Å². The smallest absolute Gasteiger partial charge is 0.243 e. The normalized spacial score (nSPS) is 12.6. The van der Waals surface area contributed by atoms with Gasteiger partial charge in [0.05, 0.1) is 6.20 Å². The molecule has 0 aliphatic heterocycles. The number of hydrogen-bond acceptors (Lipinski definition) is 4. The van der Waals surface area contributed by atoms with Crippen LogP contribution in [0.4, 0.5) is 0 Å². The number of sulfonamides is 1. The van der Waals surface area contributed by atoms with Gasteiger partial charge in [-0.2, -0.15) is 5.10 Å². The molecule has 0 amide bonds. The summed E-state index contributed by atoms with van der Waals surface area (Å²) in [6.07, 6.45) is 3.72. The Balaban J connectivity index is 2.57. The maximum absolute atomic E-state index is 11.9. The molecule has 7 heteroatoms. The first kappa shape index (κ1) is 15.1. The van der Waals surface area contributed by atoms with Gasteiger partial charge in [-0.3, -0.25) is 4.68 Å². The third-order valence-electron chi connectivity index (χ3n) is 2.49. The first-order chi connectivity index (χ1) is 8.33. The van der Waals surface area contributed by atoms with Gasteiger partial charge in [-0.25, -0.2) is 13.1 Å². The molecule has 1 aromatic rings. The van der Waals surface area contributed by atoms with E-state index < -0.39 is 10.0 Å². The van der Waals surface area contributed by atoms with Crippen molar-refractivity contribution < 1.29 is 8.42 Å². The summed E-state index contributed by atoms with van der Waals surface area (Å²) >= 11 is 0. The topological polar surface area (TPSA) is 67.2 Å². The van der Waals surface area contributed by atoms with Crippen LogP contribution in [0.5, 0.6) is 0 Å². The van der Waals surface area contributed by atoms with E-state index in [4.69, 9.17) is 0 Å². The van der Waals surface area contributed by atoms with Crippen LogP contribution in [0, 0.1) is 0 Å². The van der Waals surface area contributed by atoms with Crippen LogP contribution < -0.4 is 4.72 Å². The van der Waals surface area contributed by atoms with Crippen molar-refractivity contribution >= 4 is 10.0 Å². The van der Waals surface area contributed by atoms with Crippen LogP contribution in [-0.4, -0.2) is 50.3 Å². The molecule has 1 N–H and O–H groups in total. The van der Waals surface area contributed by atoms with Crippen molar-refractivity contribution in [1.29, 1.82) is 0 Å².